The molecule has 1 fully saturated rings. The smallest absolute Gasteiger partial charge is 0.250 e. The zero-order chi connectivity index (χ0) is 18.6. The molecule has 0 amide bonds. The molecule has 0 saturated carbocycles. The van der Waals surface area contributed by atoms with Crippen LogP contribution in [0, 0.1) is 26.7 Å². The van der Waals surface area contributed by atoms with Gasteiger partial charge in [0.2, 0.25) is 10.0 Å². The highest BCUT2D eigenvalue weighted by Crippen LogP contribution is 2.38. The fourth-order valence-electron chi connectivity index (χ4n) is 4.75. The van der Waals surface area contributed by atoms with Gasteiger partial charge in [-0.15, -0.1) is 0 Å². The molecular weight excluding hydrogens is 348 g/mol. The van der Waals surface area contributed by atoms with E-state index in [-0.39, 0.29) is 17.4 Å². The Kier molecular flexibility index (Phi) is 4.08. The van der Waals surface area contributed by atoms with Crippen LogP contribution in [0.3, 0.4) is 0 Å². The fraction of sp³-hybridized carbons (Fsp3) is 0.450. The van der Waals surface area contributed by atoms with Crippen LogP contribution < -0.4 is 5.56 Å². The maximum atomic E-state index is 13.4. The van der Waals surface area contributed by atoms with Gasteiger partial charge in [-0.05, 0) is 50.3 Å². The van der Waals surface area contributed by atoms with Crippen molar-refractivity contribution in [3.8, 4) is 0 Å². The second kappa shape index (κ2) is 6.06. The third kappa shape index (κ3) is 2.72. The molecule has 3 heterocycles. The largest absolute Gasteiger partial charge is 0.312 e. The number of nitrogens with zero attached hydrogens (tertiary/aromatic N) is 2. The number of aryl methyl sites for hydroxylation is 3. The molecule has 2 atom stereocenters. The molecular formula is C20H24N2O3S. The molecule has 2 aliphatic rings. The highest BCUT2D eigenvalue weighted by atomic mass is 32.2. The van der Waals surface area contributed by atoms with Gasteiger partial charge in [0.05, 0.1) is 4.90 Å². The lowest BCUT2D eigenvalue weighted by Crippen LogP contribution is -2.49. The second-order valence-corrected chi connectivity index (χ2v) is 9.62. The van der Waals surface area contributed by atoms with Gasteiger partial charge in [-0.1, -0.05) is 23.8 Å². The molecule has 1 aromatic carbocycles. The lowest BCUT2D eigenvalue weighted by atomic mass is 9.84. The summed E-state index contributed by atoms with van der Waals surface area (Å²) in [4.78, 5) is 12.6. The molecule has 2 bridgehead atoms. The van der Waals surface area contributed by atoms with E-state index >= 15 is 0 Å². The SMILES string of the molecule is Cc1cc(C)c(S(=O)(=O)N2CC3CC(C2)c2cccc(=O)n2C3)c(C)c1. The average molecular weight is 372 g/mol. The molecule has 5 nitrogen and oxygen atoms in total. The van der Waals surface area contributed by atoms with Crippen molar-refractivity contribution in [2.24, 2.45) is 5.92 Å². The molecule has 6 heteroatoms. The summed E-state index contributed by atoms with van der Waals surface area (Å²) in [5.41, 5.74) is 3.65. The van der Waals surface area contributed by atoms with Crippen molar-refractivity contribution < 1.29 is 8.42 Å². The molecule has 0 spiro atoms. The van der Waals surface area contributed by atoms with Crippen molar-refractivity contribution in [2.45, 2.75) is 44.6 Å². The average Bonchev–Trinajstić information content (AvgIpc) is 2.54. The van der Waals surface area contributed by atoms with Crippen molar-refractivity contribution >= 4 is 10.0 Å². The van der Waals surface area contributed by atoms with E-state index in [4.69, 9.17) is 0 Å². The highest BCUT2D eigenvalue weighted by molar-refractivity contribution is 7.89. The minimum atomic E-state index is -3.55. The van der Waals surface area contributed by atoms with E-state index in [1.807, 2.05) is 43.5 Å². The number of benzene rings is 1. The lowest BCUT2D eigenvalue weighted by Gasteiger charge is -2.42. The summed E-state index contributed by atoms with van der Waals surface area (Å²) in [7, 11) is -3.55. The van der Waals surface area contributed by atoms with E-state index in [1.54, 1.807) is 16.4 Å². The van der Waals surface area contributed by atoms with Crippen LogP contribution in [0.1, 0.15) is 34.7 Å². The number of pyridine rings is 1. The number of hydrogen-bond acceptors (Lipinski definition) is 3. The topological polar surface area (TPSA) is 59.4 Å². The van der Waals surface area contributed by atoms with E-state index in [0.717, 1.165) is 28.8 Å². The van der Waals surface area contributed by atoms with Crippen molar-refractivity contribution in [1.29, 1.82) is 0 Å². The molecule has 1 saturated heterocycles. The molecule has 2 aromatic rings. The van der Waals surface area contributed by atoms with Crippen LogP contribution >= 0.6 is 0 Å². The molecule has 138 valence electrons. The molecule has 2 unspecified atom stereocenters. The van der Waals surface area contributed by atoms with Gasteiger partial charge in [-0.2, -0.15) is 4.31 Å². The third-order valence-electron chi connectivity index (χ3n) is 5.65. The van der Waals surface area contributed by atoms with Gasteiger partial charge in [0, 0.05) is 37.3 Å². The zero-order valence-electron chi connectivity index (χ0n) is 15.4. The number of aromatic nitrogens is 1. The first kappa shape index (κ1) is 17.5. The number of sulfonamides is 1. The van der Waals surface area contributed by atoms with Crippen molar-refractivity contribution in [2.75, 3.05) is 13.1 Å². The Balaban J connectivity index is 1.74. The van der Waals surface area contributed by atoms with Crippen LogP contribution in [0.4, 0.5) is 0 Å². The fourth-order valence-corrected chi connectivity index (χ4v) is 6.72. The maximum absolute atomic E-state index is 13.4. The Labute approximate surface area is 154 Å². The van der Waals surface area contributed by atoms with E-state index in [1.165, 1.54) is 0 Å². The monoisotopic (exact) mass is 372 g/mol. The number of fused-ring (bicyclic) bond motifs is 4. The first-order valence-corrected chi connectivity index (χ1v) is 10.5. The molecule has 0 radical (unpaired) electrons. The third-order valence-corrected chi connectivity index (χ3v) is 7.79. The first-order chi connectivity index (χ1) is 12.3. The van der Waals surface area contributed by atoms with Crippen LogP contribution in [-0.4, -0.2) is 30.4 Å². The first-order valence-electron chi connectivity index (χ1n) is 9.05. The van der Waals surface area contributed by atoms with Gasteiger partial charge in [0.25, 0.3) is 5.56 Å². The van der Waals surface area contributed by atoms with Gasteiger partial charge >= 0.3 is 0 Å². The number of piperidine rings is 1. The lowest BCUT2D eigenvalue weighted by molar-refractivity contribution is 0.186. The van der Waals surface area contributed by atoms with E-state index in [0.29, 0.717) is 24.5 Å². The molecule has 4 rings (SSSR count). The van der Waals surface area contributed by atoms with Gasteiger partial charge in [0.15, 0.2) is 0 Å². The van der Waals surface area contributed by atoms with Crippen LogP contribution in [0.15, 0.2) is 40.0 Å². The predicted octanol–water partition coefficient (Wildman–Crippen LogP) is 2.58. The van der Waals surface area contributed by atoms with E-state index in [9.17, 15) is 13.2 Å². The summed E-state index contributed by atoms with van der Waals surface area (Å²) in [5.74, 6) is 0.263. The van der Waals surface area contributed by atoms with Gasteiger partial charge in [-0.25, -0.2) is 8.42 Å². The quantitative estimate of drug-likeness (QED) is 0.814. The second-order valence-electron chi connectivity index (χ2n) is 7.75. The molecule has 26 heavy (non-hydrogen) atoms. The van der Waals surface area contributed by atoms with Gasteiger partial charge < -0.3 is 4.57 Å². The normalized spacial score (nSPS) is 22.9. The Hall–Kier alpha value is -1.92. The summed E-state index contributed by atoms with van der Waals surface area (Å²) >= 11 is 0. The Morgan fingerprint density at radius 3 is 2.38 bits per heavy atom. The summed E-state index contributed by atoms with van der Waals surface area (Å²) in [6.45, 7) is 7.24. The summed E-state index contributed by atoms with van der Waals surface area (Å²) in [5, 5.41) is 0. The molecule has 0 aliphatic carbocycles. The summed E-state index contributed by atoms with van der Waals surface area (Å²) in [6, 6.07) is 9.17. The molecule has 0 N–H and O–H groups in total. The minimum absolute atomic E-state index is 0.0127. The van der Waals surface area contributed by atoms with Crippen LogP contribution in [0.2, 0.25) is 0 Å². The van der Waals surface area contributed by atoms with Crippen molar-refractivity contribution in [3.05, 3.63) is 63.1 Å². The van der Waals surface area contributed by atoms with Gasteiger partial charge in [-0.3, -0.25) is 4.79 Å². The Morgan fingerprint density at radius 1 is 1.00 bits per heavy atom. The van der Waals surface area contributed by atoms with E-state index < -0.39 is 10.0 Å². The predicted molar refractivity (Wildman–Crippen MR) is 101 cm³/mol. The minimum Gasteiger partial charge on any atom is -0.312 e. The molecule has 1 aromatic heterocycles. The number of hydrogen-bond donors (Lipinski definition) is 0. The van der Waals surface area contributed by atoms with Crippen LogP contribution in [0.5, 0.6) is 0 Å². The highest BCUT2D eigenvalue weighted by Gasteiger charge is 2.40. The van der Waals surface area contributed by atoms with Crippen molar-refractivity contribution in [3.63, 3.8) is 0 Å². The van der Waals surface area contributed by atoms with Crippen molar-refractivity contribution in [1.82, 2.24) is 8.87 Å². The Bertz CT molecular complexity index is 1020. The molecule has 2 aliphatic heterocycles. The Morgan fingerprint density at radius 2 is 1.69 bits per heavy atom. The van der Waals surface area contributed by atoms with Gasteiger partial charge in [0.1, 0.15) is 0 Å². The van der Waals surface area contributed by atoms with Crippen LogP contribution in [0.25, 0.3) is 0 Å². The zero-order valence-corrected chi connectivity index (χ0v) is 16.2. The standard InChI is InChI=1S/C20H24N2O3S/c1-13-7-14(2)20(15(3)8-13)26(24,25)21-10-16-9-17(12-21)18-5-4-6-19(23)22(18)11-16/h4-8,16-17H,9-12H2,1-3H3. The van der Waals surface area contributed by atoms with E-state index in [2.05, 4.69) is 0 Å². The summed E-state index contributed by atoms with van der Waals surface area (Å²) in [6.07, 6.45) is 0.946. The summed E-state index contributed by atoms with van der Waals surface area (Å²) < 4.78 is 30.3. The van der Waals surface area contributed by atoms with Crippen LogP contribution in [-0.2, 0) is 16.6 Å². The number of rotatable bonds is 2. The maximum Gasteiger partial charge on any atom is 0.250 e.